The highest BCUT2D eigenvalue weighted by molar-refractivity contribution is 5.94. The largest absolute Gasteiger partial charge is 0.497 e. The number of imidazole rings is 1. The number of ether oxygens (including phenoxy) is 1. The van der Waals surface area contributed by atoms with Gasteiger partial charge in [-0.2, -0.15) is 4.98 Å². The summed E-state index contributed by atoms with van der Waals surface area (Å²) >= 11 is 0. The lowest BCUT2D eigenvalue weighted by atomic mass is 9.94. The third-order valence-corrected chi connectivity index (χ3v) is 4.78. The maximum Gasteiger partial charge on any atom is 0.271 e. The van der Waals surface area contributed by atoms with Crippen LogP contribution in [0.2, 0.25) is 0 Å². The Morgan fingerprint density at radius 3 is 2.96 bits per heavy atom. The van der Waals surface area contributed by atoms with Crippen LogP contribution in [0, 0.1) is 5.92 Å². The number of hydrogen-bond acceptors (Lipinski definition) is 6. The summed E-state index contributed by atoms with van der Waals surface area (Å²) < 4.78 is 10.6. The van der Waals surface area contributed by atoms with Crippen molar-refractivity contribution in [1.29, 1.82) is 0 Å². The number of carbonyl (C=O) groups excluding carboxylic acids is 1. The molecule has 1 atom stereocenters. The average Bonchev–Trinajstić information content (AvgIpc) is 3.28. The van der Waals surface area contributed by atoms with E-state index in [-0.39, 0.29) is 11.8 Å². The molecule has 146 valence electrons. The van der Waals surface area contributed by atoms with Crippen molar-refractivity contribution in [1.82, 2.24) is 25.4 Å². The molecule has 0 radical (unpaired) electrons. The quantitative estimate of drug-likeness (QED) is 0.704. The number of hydrogen-bond donors (Lipinski definition) is 2. The van der Waals surface area contributed by atoms with Crippen LogP contribution in [0.5, 0.6) is 5.75 Å². The number of rotatable bonds is 5. The number of nitrogens with zero attached hydrogens (tertiary/aromatic N) is 3. The molecule has 0 spiro atoms. The summed E-state index contributed by atoms with van der Waals surface area (Å²) in [5, 5.41) is 6.96. The monoisotopic (exact) mass is 381 g/mol. The second-order valence-corrected chi connectivity index (χ2v) is 7.41. The number of H-pyrrole nitrogens is 1. The van der Waals surface area contributed by atoms with Crippen LogP contribution in [0.3, 0.4) is 0 Å². The number of methoxy groups -OCH3 is 1. The van der Waals surface area contributed by atoms with Crippen molar-refractivity contribution in [2.45, 2.75) is 32.6 Å². The van der Waals surface area contributed by atoms with Gasteiger partial charge in [-0.05, 0) is 30.0 Å². The maximum absolute atomic E-state index is 12.5. The molecular formula is C20H23N5O3. The van der Waals surface area contributed by atoms with E-state index in [1.165, 1.54) is 0 Å². The van der Waals surface area contributed by atoms with Crippen LogP contribution in [0.1, 0.15) is 47.4 Å². The van der Waals surface area contributed by atoms with Gasteiger partial charge in [0.2, 0.25) is 11.7 Å². The van der Waals surface area contributed by atoms with Gasteiger partial charge in [0.1, 0.15) is 11.4 Å². The van der Waals surface area contributed by atoms with Crippen LogP contribution >= 0.6 is 0 Å². The standard InChI is InChI=1S/C20H23N5O3/c1-11(2)7-16-23-19(25-28-16)18-22-15-9-13(10-21-20(26)17(15)24-18)12-5-4-6-14(8-12)27-3/h4-6,8,11,13H,7,9-10H2,1-3H3,(H,21,26)(H,22,24)/t13-/m1/s1. The van der Waals surface area contributed by atoms with E-state index in [0.717, 1.165) is 17.0 Å². The predicted molar refractivity (Wildman–Crippen MR) is 102 cm³/mol. The van der Waals surface area contributed by atoms with Crippen LogP contribution in [-0.4, -0.2) is 39.7 Å². The molecule has 4 rings (SSSR count). The fourth-order valence-corrected chi connectivity index (χ4v) is 3.38. The molecule has 2 aromatic heterocycles. The Hall–Kier alpha value is -3.16. The molecule has 3 aromatic rings. The molecule has 28 heavy (non-hydrogen) atoms. The Morgan fingerprint density at radius 2 is 2.18 bits per heavy atom. The molecule has 0 aliphatic carbocycles. The molecule has 1 aromatic carbocycles. The number of aromatic nitrogens is 4. The molecule has 1 amide bonds. The van der Waals surface area contributed by atoms with Gasteiger partial charge in [0.25, 0.3) is 5.91 Å². The fraction of sp³-hybridized carbons (Fsp3) is 0.400. The molecule has 0 bridgehead atoms. The first-order valence-corrected chi connectivity index (χ1v) is 9.37. The van der Waals surface area contributed by atoms with Gasteiger partial charge in [0, 0.05) is 24.6 Å². The zero-order valence-corrected chi connectivity index (χ0v) is 16.2. The van der Waals surface area contributed by atoms with E-state index in [1.807, 2.05) is 24.3 Å². The van der Waals surface area contributed by atoms with E-state index in [9.17, 15) is 4.79 Å². The van der Waals surface area contributed by atoms with E-state index < -0.39 is 0 Å². The predicted octanol–water partition coefficient (Wildman–Crippen LogP) is 2.74. The van der Waals surface area contributed by atoms with Gasteiger partial charge in [-0.25, -0.2) is 4.98 Å². The van der Waals surface area contributed by atoms with Crippen molar-refractivity contribution in [2.75, 3.05) is 13.7 Å². The van der Waals surface area contributed by atoms with Crippen LogP contribution in [-0.2, 0) is 12.8 Å². The number of nitrogens with one attached hydrogen (secondary N) is 2. The van der Waals surface area contributed by atoms with Crippen molar-refractivity contribution in [2.24, 2.45) is 5.92 Å². The first-order valence-electron chi connectivity index (χ1n) is 9.37. The first-order chi connectivity index (χ1) is 13.5. The Bertz CT molecular complexity index is 991. The summed E-state index contributed by atoms with van der Waals surface area (Å²) in [6, 6.07) is 7.90. The maximum atomic E-state index is 12.5. The van der Waals surface area contributed by atoms with Crippen molar-refractivity contribution < 1.29 is 14.1 Å². The highest BCUT2D eigenvalue weighted by atomic mass is 16.5. The molecule has 1 aliphatic rings. The minimum absolute atomic E-state index is 0.107. The minimum Gasteiger partial charge on any atom is -0.497 e. The van der Waals surface area contributed by atoms with E-state index in [1.54, 1.807) is 7.11 Å². The molecule has 1 aliphatic heterocycles. The number of amides is 1. The van der Waals surface area contributed by atoms with Crippen molar-refractivity contribution >= 4 is 5.91 Å². The number of aromatic amines is 1. The van der Waals surface area contributed by atoms with Crippen molar-refractivity contribution in [3.63, 3.8) is 0 Å². The summed E-state index contributed by atoms with van der Waals surface area (Å²) in [5.41, 5.74) is 2.26. The number of benzene rings is 1. The van der Waals surface area contributed by atoms with E-state index >= 15 is 0 Å². The SMILES string of the molecule is COc1cccc([C@H]2CNC(=O)c3nc(-c4noc(CC(C)C)n4)[nH]c3C2)c1. The van der Waals surface area contributed by atoms with Crippen LogP contribution in [0.4, 0.5) is 0 Å². The van der Waals surface area contributed by atoms with Gasteiger partial charge in [-0.15, -0.1) is 0 Å². The van der Waals surface area contributed by atoms with Gasteiger partial charge < -0.3 is 19.6 Å². The van der Waals surface area contributed by atoms with Gasteiger partial charge >= 0.3 is 0 Å². The van der Waals surface area contributed by atoms with Crippen LogP contribution < -0.4 is 10.1 Å². The normalized spacial score (nSPS) is 16.6. The van der Waals surface area contributed by atoms with E-state index in [2.05, 4.69) is 39.3 Å². The van der Waals surface area contributed by atoms with Crippen molar-refractivity contribution in [3.8, 4) is 17.4 Å². The fourth-order valence-electron chi connectivity index (χ4n) is 3.38. The second kappa shape index (κ2) is 7.46. The molecule has 2 N–H and O–H groups in total. The lowest BCUT2D eigenvalue weighted by molar-refractivity contribution is 0.0950. The highest BCUT2D eigenvalue weighted by Gasteiger charge is 2.27. The third kappa shape index (κ3) is 3.62. The van der Waals surface area contributed by atoms with Crippen LogP contribution in [0.25, 0.3) is 11.6 Å². The highest BCUT2D eigenvalue weighted by Crippen LogP contribution is 2.28. The lowest BCUT2D eigenvalue weighted by Gasteiger charge is -2.15. The second-order valence-electron chi connectivity index (χ2n) is 7.41. The Morgan fingerprint density at radius 1 is 1.32 bits per heavy atom. The van der Waals surface area contributed by atoms with E-state index in [0.29, 0.717) is 48.5 Å². The summed E-state index contributed by atoms with van der Waals surface area (Å²) in [7, 11) is 1.64. The zero-order chi connectivity index (χ0) is 19.7. The molecule has 8 heteroatoms. The smallest absolute Gasteiger partial charge is 0.271 e. The van der Waals surface area contributed by atoms with Gasteiger partial charge in [-0.1, -0.05) is 31.1 Å². The molecule has 0 saturated heterocycles. The van der Waals surface area contributed by atoms with Crippen LogP contribution in [0.15, 0.2) is 28.8 Å². The Balaban J connectivity index is 1.62. The summed E-state index contributed by atoms with van der Waals surface area (Å²) in [6.45, 7) is 4.70. The Kier molecular flexibility index (Phi) is 4.85. The Labute approximate surface area is 162 Å². The number of carbonyl (C=O) groups is 1. The van der Waals surface area contributed by atoms with Gasteiger partial charge in [-0.3, -0.25) is 4.79 Å². The lowest BCUT2D eigenvalue weighted by Crippen LogP contribution is -2.26. The van der Waals surface area contributed by atoms with Gasteiger partial charge in [0.05, 0.1) is 7.11 Å². The molecule has 0 saturated carbocycles. The average molecular weight is 381 g/mol. The van der Waals surface area contributed by atoms with Gasteiger partial charge in [0.15, 0.2) is 5.82 Å². The molecular weight excluding hydrogens is 358 g/mol. The number of fused-ring (bicyclic) bond motifs is 1. The molecule has 0 unspecified atom stereocenters. The molecule has 0 fully saturated rings. The van der Waals surface area contributed by atoms with E-state index in [4.69, 9.17) is 9.26 Å². The van der Waals surface area contributed by atoms with Crippen molar-refractivity contribution in [3.05, 3.63) is 47.1 Å². The topological polar surface area (TPSA) is 106 Å². The zero-order valence-electron chi connectivity index (χ0n) is 16.2. The third-order valence-electron chi connectivity index (χ3n) is 4.78. The minimum atomic E-state index is -0.200. The summed E-state index contributed by atoms with van der Waals surface area (Å²) in [4.78, 5) is 24.6. The summed E-state index contributed by atoms with van der Waals surface area (Å²) in [5.74, 6) is 2.50. The molecule has 3 heterocycles. The molecule has 8 nitrogen and oxygen atoms in total. The first kappa shape index (κ1) is 18.2. The summed E-state index contributed by atoms with van der Waals surface area (Å²) in [6.07, 6.45) is 1.34.